The number of hydrogen-bond donors (Lipinski definition) is 2. The monoisotopic (exact) mass is 269 g/mol. The number of piperidine rings is 1. The summed E-state index contributed by atoms with van der Waals surface area (Å²) in [6.07, 6.45) is 3.20. The van der Waals surface area contributed by atoms with Crippen molar-refractivity contribution in [3.8, 4) is 0 Å². The molecule has 3 rings (SSSR count). The van der Waals surface area contributed by atoms with E-state index in [9.17, 15) is 9.18 Å². The largest absolute Gasteiger partial charge is 0.348 e. The Morgan fingerprint density at radius 2 is 2.39 bits per heavy atom. The summed E-state index contributed by atoms with van der Waals surface area (Å²) in [5.41, 5.74) is 0.0765. The van der Waals surface area contributed by atoms with Crippen LogP contribution in [0.3, 0.4) is 0 Å². The van der Waals surface area contributed by atoms with Crippen molar-refractivity contribution in [2.75, 3.05) is 6.54 Å². The van der Waals surface area contributed by atoms with Crippen molar-refractivity contribution >= 4 is 17.5 Å². The van der Waals surface area contributed by atoms with Crippen molar-refractivity contribution in [1.82, 2.24) is 15.6 Å². The van der Waals surface area contributed by atoms with Crippen molar-refractivity contribution in [3.63, 3.8) is 0 Å². The zero-order chi connectivity index (χ0) is 12.7. The quantitative estimate of drug-likeness (QED) is 0.852. The van der Waals surface area contributed by atoms with Gasteiger partial charge in [-0.25, -0.2) is 9.37 Å². The fraction of sp³-hybridized carbons (Fsp3) is 0.500. The summed E-state index contributed by atoms with van der Waals surface area (Å²) in [7, 11) is 0. The number of rotatable bonds is 2. The van der Waals surface area contributed by atoms with E-state index < -0.39 is 5.82 Å². The average molecular weight is 270 g/mol. The van der Waals surface area contributed by atoms with E-state index in [1.54, 1.807) is 0 Å². The summed E-state index contributed by atoms with van der Waals surface area (Å²) in [4.78, 5) is 15.8. The second-order valence-electron chi connectivity index (χ2n) is 4.90. The minimum Gasteiger partial charge on any atom is -0.348 e. The molecule has 1 saturated carbocycles. The van der Waals surface area contributed by atoms with Gasteiger partial charge in [-0.3, -0.25) is 4.79 Å². The van der Waals surface area contributed by atoms with Crippen LogP contribution in [0.5, 0.6) is 0 Å². The molecule has 1 aliphatic heterocycles. The highest BCUT2D eigenvalue weighted by atomic mass is 35.5. The molecule has 3 atom stereocenters. The van der Waals surface area contributed by atoms with Crippen LogP contribution in [-0.2, 0) is 0 Å². The number of hydrogen-bond acceptors (Lipinski definition) is 3. The number of nitrogens with zero attached hydrogens (tertiary/aromatic N) is 1. The lowest BCUT2D eigenvalue weighted by atomic mass is 10.0. The number of pyridine rings is 1. The first-order valence-electron chi connectivity index (χ1n) is 5.99. The van der Waals surface area contributed by atoms with Crippen LogP contribution >= 0.6 is 11.6 Å². The molecular weight excluding hydrogens is 257 g/mol. The standard InChI is InChI=1S/C12H13ClFN3O/c13-8-5-16-11(3-9(8)14)12(18)17-10-2-7-1-6(10)4-15-7/h3,5-7,10,15H,1-2,4H2,(H,17,18). The maximum absolute atomic E-state index is 13.2. The van der Waals surface area contributed by atoms with E-state index in [1.807, 2.05) is 0 Å². The molecule has 2 heterocycles. The molecule has 18 heavy (non-hydrogen) atoms. The van der Waals surface area contributed by atoms with Crippen LogP contribution in [-0.4, -0.2) is 29.5 Å². The van der Waals surface area contributed by atoms with Crippen molar-refractivity contribution in [2.24, 2.45) is 5.92 Å². The number of halogens is 2. The third-order valence-corrected chi connectivity index (χ3v) is 4.00. The fourth-order valence-electron chi connectivity index (χ4n) is 2.79. The molecule has 2 aliphatic rings. The summed E-state index contributed by atoms with van der Waals surface area (Å²) < 4.78 is 13.2. The van der Waals surface area contributed by atoms with Gasteiger partial charge in [0, 0.05) is 30.9 Å². The third-order valence-electron chi connectivity index (χ3n) is 3.72. The fourth-order valence-corrected chi connectivity index (χ4v) is 2.90. The van der Waals surface area contributed by atoms with Crippen LogP contribution in [0.15, 0.2) is 12.3 Å². The van der Waals surface area contributed by atoms with E-state index in [4.69, 9.17) is 11.6 Å². The van der Waals surface area contributed by atoms with Gasteiger partial charge in [-0.2, -0.15) is 0 Å². The van der Waals surface area contributed by atoms with E-state index in [0.29, 0.717) is 12.0 Å². The van der Waals surface area contributed by atoms with E-state index in [1.165, 1.54) is 0 Å². The van der Waals surface area contributed by atoms with E-state index >= 15 is 0 Å². The molecule has 1 saturated heterocycles. The zero-order valence-electron chi connectivity index (χ0n) is 9.62. The molecule has 1 aliphatic carbocycles. The smallest absolute Gasteiger partial charge is 0.270 e. The highest BCUT2D eigenvalue weighted by Gasteiger charge is 2.40. The molecular formula is C12H13ClFN3O. The molecule has 2 bridgehead atoms. The molecule has 1 aromatic heterocycles. The number of amides is 1. The number of aromatic nitrogens is 1. The molecule has 2 fully saturated rings. The van der Waals surface area contributed by atoms with Crippen molar-refractivity contribution in [3.05, 3.63) is 28.8 Å². The predicted octanol–water partition coefficient (Wildman–Crippen LogP) is 1.35. The topological polar surface area (TPSA) is 54.0 Å². The predicted molar refractivity (Wildman–Crippen MR) is 65.0 cm³/mol. The highest BCUT2D eigenvalue weighted by Crippen LogP contribution is 2.31. The molecule has 0 aromatic carbocycles. The van der Waals surface area contributed by atoms with Crippen molar-refractivity contribution < 1.29 is 9.18 Å². The summed E-state index contributed by atoms with van der Waals surface area (Å²) in [5.74, 6) is -0.467. The van der Waals surface area contributed by atoms with Gasteiger partial charge < -0.3 is 10.6 Å². The van der Waals surface area contributed by atoms with Gasteiger partial charge in [0.05, 0.1) is 5.02 Å². The second-order valence-corrected chi connectivity index (χ2v) is 5.31. The minimum atomic E-state index is -0.619. The van der Waals surface area contributed by atoms with Gasteiger partial charge in [0.2, 0.25) is 0 Å². The van der Waals surface area contributed by atoms with Crippen LogP contribution < -0.4 is 10.6 Å². The number of carbonyl (C=O) groups is 1. The molecule has 0 spiro atoms. The number of fused-ring (bicyclic) bond motifs is 2. The minimum absolute atomic E-state index is 0.0735. The van der Waals surface area contributed by atoms with Crippen LogP contribution in [0.25, 0.3) is 0 Å². The number of nitrogens with one attached hydrogen (secondary N) is 2. The van der Waals surface area contributed by atoms with Gasteiger partial charge in [0.25, 0.3) is 5.91 Å². The number of carbonyl (C=O) groups excluding carboxylic acids is 1. The van der Waals surface area contributed by atoms with Gasteiger partial charge in [-0.15, -0.1) is 0 Å². The van der Waals surface area contributed by atoms with Crippen LogP contribution in [0.1, 0.15) is 23.3 Å². The van der Waals surface area contributed by atoms with E-state index in [2.05, 4.69) is 15.6 Å². The Morgan fingerprint density at radius 3 is 3.00 bits per heavy atom. The van der Waals surface area contributed by atoms with E-state index in [0.717, 1.165) is 31.6 Å². The molecule has 4 nitrogen and oxygen atoms in total. The Morgan fingerprint density at radius 1 is 1.56 bits per heavy atom. The lowest BCUT2D eigenvalue weighted by Crippen LogP contribution is -2.44. The van der Waals surface area contributed by atoms with Crippen LogP contribution in [0, 0.1) is 11.7 Å². The molecule has 0 radical (unpaired) electrons. The van der Waals surface area contributed by atoms with E-state index in [-0.39, 0.29) is 22.7 Å². The molecule has 2 N–H and O–H groups in total. The molecule has 6 heteroatoms. The van der Waals surface area contributed by atoms with Gasteiger partial charge in [-0.05, 0) is 18.8 Å². The summed E-state index contributed by atoms with van der Waals surface area (Å²) >= 11 is 5.53. The van der Waals surface area contributed by atoms with Gasteiger partial charge >= 0.3 is 0 Å². The Balaban J connectivity index is 1.69. The molecule has 3 unspecified atom stereocenters. The Labute approximate surface area is 109 Å². The third kappa shape index (κ3) is 2.08. The Bertz CT molecular complexity index is 496. The Kier molecular flexibility index (Phi) is 2.95. The summed E-state index contributed by atoms with van der Waals surface area (Å²) in [6, 6.07) is 1.75. The summed E-state index contributed by atoms with van der Waals surface area (Å²) in [5, 5.41) is 6.22. The lowest BCUT2D eigenvalue weighted by molar-refractivity contribution is 0.0919. The average Bonchev–Trinajstić information content (AvgIpc) is 2.94. The van der Waals surface area contributed by atoms with Crippen LogP contribution in [0.2, 0.25) is 5.02 Å². The maximum atomic E-state index is 13.2. The molecule has 1 aromatic rings. The van der Waals surface area contributed by atoms with Crippen molar-refractivity contribution in [2.45, 2.75) is 24.9 Å². The SMILES string of the molecule is O=C(NC1CC2CC1CN2)c1cc(F)c(Cl)cn1. The van der Waals surface area contributed by atoms with Gasteiger partial charge in [0.1, 0.15) is 11.5 Å². The first-order chi connectivity index (χ1) is 8.63. The zero-order valence-corrected chi connectivity index (χ0v) is 10.4. The first-order valence-corrected chi connectivity index (χ1v) is 6.36. The highest BCUT2D eigenvalue weighted by molar-refractivity contribution is 6.30. The van der Waals surface area contributed by atoms with Gasteiger partial charge in [-0.1, -0.05) is 11.6 Å². The first kappa shape index (κ1) is 11.9. The normalized spacial score (nSPS) is 29.6. The molecule has 96 valence electrons. The summed E-state index contributed by atoms with van der Waals surface area (Å²) in [6.45, 7) is 0.942. The second kappa shape index (κ2) is 4.48. The lowest BCUT2D eigenvalue weighted by Gasteiger charge is -2.23. The molecule has 1 amide bonds. The van der Waals surface area contributed by atoms with Crippen LogP contribution in [0.4, 0.5) is 4.39 Å². The van der Waals surface area contributed by atoms with Crippen molar-refractivity contribution in [1.29, 1.82) is 0 Å². The maximum Gasteiger partial charge on any atom is 0.270 e. The van der Waals surface area contributed by atoms with Gasteiger partial charge in [0.15, 0.2) is 0 Å². The Hall–Kier alpha value is -1.20.